The lowest BCUT2D eigenvalue weighted by Crippen LogP contribution is -2.25. The molecule has 0 fully saturated rings. The largest absolute Gasteiger partial charge is 0.348 e. The zero-order chi connectivity index (χ0) is 18.6. The van der Waals surface area contributed by atoms with Crippen LogP contribution in [0.3, 0.4) is 0 Å². The van der Waals surface area contributed by atoms with Crippen molar-refractivity contribution >= 4 is 23.2 Å². The molecule has 0 aliphatic heterocycles. The Bertz CT molecular complexity index is 1090. The van der Waals surface area contributed by atoms with Crippen LogP contribution in [0.1, 0.15) is 11.4 Å². The molecule has 0 unspecified atom stereocenters. The van der Waals surface area contributed by atoms with Gasteiger partial charge in [0.1, 0.15) is 0 Å². The van der Waals surface area contributed by atoms with E-state index in [-0.39, 0.29) is 18.9 Å². The summed E-state index contributed by atoms with van der Waals surface area (Å²) in [5.74, 6) is 0.454. The van der Waals surface area contributed by atoms with Gasteiger partial charge in [-0.2, -0.15) is 9.61 Å². The summed E-state index contributed by atoms with van der Waals surface area (Å²) < 4.78 is 1.65. The fourth-order valence-electron chi connectivity index (χ4n) is 2.78. The van der Waals surface area contributed by atoms with Crippen LogP contribution in [0.2, 0.25) is 5.02 Å². The van der Waals surface area contributed by atoms with E-state index in [1.807, 2.05) is 54.6 Å². The number of halogens is 1. The van der Waals surface area contributed by atoms with Crippen LogP contribution in [0.15, 0.2) is 66.7 Å². The topological polar surface area (TPSA) is 72.2 Å². The van der Waals surface area contributed by atoms with Crippen LogP contribution in [0.5, 0.6) is 0 Å². The third kappa shape index (κ3) is 3.96. The van der Waals surface area contributed by atoms with Crippen molar-refractivity contribution in [1.29, 1.82) is 0 Å². The maximum Gasteiger partial charge on any atom is 0.224 e. The second-order valence-corrected chi connectivity index (χ2v) is 6.49. The first-order valence-corrected chi connectivity index (χ1v) is 8.85. The molecule has 6 nitrogen and oxygen atoms in total. The SMILES string of the molecule is O=C(Cc1cccc(Cl)c1)NCc1nnc2ccc(-c3ccccc3)nn12. The minimum atomic E-state index is -0.117. The minimum Gasteiger partial charge on any atom is -0.348 e. The average Bonchev–Trinajstić information content (AvgIpc) is 3.09. The summed E-state index contributed by atoms with van der Waals surface area (Å²) in [6.45, 7) is 0.242. The smallest absolute Gasteiger partial charge is 0.224 e. The molecular formula is C20H16ClN5O. The molecule has 0 aliphatic carbocycles. The third-order valence-electron chi connectivity index (χ3n) is 4.09. The number of carbonyl (C=O) groups is 1. The van der Waals surface area contributed by atoms with Crippen molar-refractivity contribution in [3.8, 4) is 11.3 Å². The molecule has 1 amide bonds. The van der Waals surface area contributed by atoms with Gasteiger partial charge in [-0.05, 0) is 29.8 Å². The van der Waals surface area contributed by atoms with Gasteiger partial charge in [0.25, 0.3) is 0 Å². The average molecular weight is 378 g/mol. The lowest BCUT2D eigenvalue weighted by Gasteiger charge is -2.06. The second-order valence-electron chi connectivity index (χ2n) is 6.05. The Hall–Kier alpha value is -3.25. The highest BCUT2D eigenvalue weighted by Crippen LogP contribution is 2.16. The third-order valence-corrected chi connectivity index (χ3v) is 4.33. The molecule has 0 radical (unpaired) electrons. The van der Waals surface area contributed by atoms with Gasteiger partial charge in [-0.3, -0.25) is 4.79 Å². The predicted molar refractivity (Wildman–Crippen MR) is 103 cm³/mol. The van der Waals surface area contributed by atoms with Crippen molar-refractivity contribution in [2.45, 2.75) is 13.0 Å². The number of rotatable bonds is 5. The van der Waals surface area contributed by atoms with E-state index in [1.165, 1.54) is 0 Å². The monoisotopic (exact) mass is 377 g/mol. The highest BCUT2D eigenvalue weighted by molar-refractivity contribution is 6.30. The summed E-state index contributed by atoms with van der Waals surface area (Å²) in [6, 6.07) is 20.9. The van der Waals surface area contributed by atoms with Crippen molar-refractivity contribution in [2.75, 3.05) is 0 Å². The molecule has 27 heavy (non-hydrogen) atoms. The summed E-state index contributed by atoms with van der Waals surface area (Å²) in [5.41, 5.74) is 3.31. The number of carbonyl (C=O) groups excluding carboxylic acids is 1. The molecule has 0 saturated carbocycles. The first-order chi connectivity index (χ1) is 13.2. The fraction of sp³-hybridized carbons (Fsp3) is 0.100. The van der Waals surface area contributed by atoms with Gasteiger partial charge in [0.2, 0.25) is 5.91 Å². The van der Waals surface area contributed by atoms with Crippen LogP contribution in [0, 0.1) is 0 Å². The van der Waals surface area contributed by atoms with Crippen molar-refractivity contribution < 1.29 is 4.79 Å². The van der Waals surface area contributed by atoms with Crippen molar-refractivity contribution in [3.63, 3.8) is 0 Å². The number of hydrogen-bond donors (Lipinski definition) is 1. The molecule has 0 atom stereocenters. The van der Waals surface area contributed by atoms with Crippen LogP contribution in [0.25, 0.3) is 16.9 Å². The highest BCUT2D eigenvalue weighted by Gasteiger charge is 2.10. The number of hydrogen-bond acceptors (Lipinski definition) is 4. The van der Waals surface area contributed by atoms with Gasteiger partial charge in [-0.1, -0.05) is 54.1 Å². The Kier molecular flexibility index (Phi) is 4.80. The van der Waals surface area contributed by atoms with Crippen LogP contribution in [-0.2, 0) is 17.8 Å². The van der Waals surface area contributed by atoms with Gasteiger partial charge >= 0.3 is 0 Å². The molecule has 0 bridgehead atoms. The van der Waals surface area contributed by atoms with Gasteiger partial charge in [0.15, 0.2) is 11.5 Å². The Morgan fingerprint density at radius 1 is 1.00 bits per heavy atom. The number of nitrogens with zero attached hydrogens (tertiary/aromatic N) is 4. The van der Waals surface area contributed by atoms with Crippen LogP contribution < -0.4 is 5.32 Å². The molecule has 1 N–H and O–H groups in total. The summed E-state index contributed by atoms with van der Waals surface area (Å²) in [4.78, 5) is 12.2. The van der Waals surface area contributed by atoms with E-state index in [0.29, 0.717) is 16.5 Å². The Balaban J connectivity index is 1.49. The van der Waals surface area contributed by atoms with E-state index >= 15 is 0 Å². The van der Waals surface area contributed by atoms with Gasteiger partial charge in [0.05, 0.1) is 18.7 Å². The van der Waals surface area contributed by atoms with Gasteiger partial charge in [-0.25, -0.2) is 0 Å². The van der Waals surface area contributed by atoms with Crippen molar-refractivity contribution in [2.24, 2.45) is 0 Å². The molecule has 2 aromatic carbocycles. The molecule has 7 heteroatoms. The maximum absolute atomic E-state index is 12.2. The summed E-state index contributed by atoms with van der Waals surface area (Å²) in [7, 11) is 0. The summed E-state index contributed by atoms with van der Waals surface area (Å²) in [6.07, 6.45) is 0.250. The molecule has 2 heterocycles. The van der Waals surface area contributed by atoms with E-state index in [2.05, 4.69) is 20.6 Å². The zero-order valence-electron chi connectivity index (χ0n) is 14.3. The lowest BCUT2D eigenvalue weighted by atomic mass is 10.1. The molecule has 0 spiro atoms. The maximum atomic E-state index is 12.2. The van der Waals surface area contributed by atoms with E-state index in [0.717, 1.165) is 16.8 Å². The summed E-state index contributed by atoms with van der Waals surface area (Å²) in [5, 5.41) is 16.3. The van der Waals surface area contributed by atoms with Gasteiger partial charge in [0, 0.05) is 10.6 Å². The Labute approximate surface area is 160 Å². The number of aromatic nitrogens is 4. The van der Waals surface area contributed by atoms with E-state index in [9.17, 15) is 4.79 Å². The predicted octanol–water partition coefficient (Wildman–Crippen LogP) is 3.30. The lowest BCUT2D eigenvalue weighted by molar-refractivity contribution is -0.120. The minimum absolute atomic E-state index is 0.117. The summed E-state index contributed by atoms with van der Waals surface area (Å²) >= 11 is 5.96. The van der Waals surface area contributed by atoms with Crippen molar-refractivity contribution in [1.82, 2.24) is 25.1 Å². The highest BCUT2D eigenvalue weighted by atomic mass is 35.5. The molecule has 0 aliphatic rings. The molecular weight excluding hydrogens is 362 g/mol. The Morgan fingerprint density at radius 3 is 2.67 bits per heavy atom. The molecule has 0 saturated heterocycles. The quantitative estimate of drug-likeness (QED) is 0.579. The van der Waals surface area contributed by atoms with Gasteiger partial charge < -0.3 is 5.32 Å². The number of nitrogens with one attached hydrogen (secondary N) is 1. The first kappa shape index (κ1) is 17.2. The standard InChI is InChI=1S/C20H16ClN5O/c21-16-8-4-5-14(11-16)12-20(27)22-13-19-24-23-18-10-9-17(25-26(18)19)15-6-2-1-3-7-15/h1-11H,12-13H2,(H,22,27). The normalized spacial score (nSPS) is 10.9. The molecule has 134 valence electrons. The molecule has 2 aromatic heterocycles. The molecule has 4 aromatic rings. The number of benzene rings is 2. The van der Waals surface area contributed by atoms with Crippen molar-refractivity contribution in [3.05, 3.63) is 83.1 Å². The number of fused-ring (bicyclic) bond motifs is 1. The first-order valence-electron chi connectivity index (χ1n) is 8.47. The zero-order valence-corrected chi connectivity index (χ0v) is 15.1. The molecule has 4 rings (SSSR count). The van der Waals surface area contributed by atoms with Crippen LogP contribution in [0.4, 0.5) is 0 Å². The van der Waals surface area contributed by atoms with E-state index in [1.54, 1.807) is 16.6 Å². The van der Waals surface area contributed by atoms with E-state index < -0.39 is 0 Å². The van der Waals surface area contributed by atoms with E-state index in [4.69, 9.17) is 11.6 Å². The number of amides is 1. The second kappa shape index (κ2) is 7.55. The van der Waals surface area contributed by atoms with Crippen LogP contribution >= 0.6 is 11.6 Å². The fourth-order valence-corrected chi connectivity index (χ4v) is 2.99. The van der Waals surface area contributed by atoms with Crippen LogP contribution in [-0.4, -0.2) is 25.7 Å². The van der Waals surface area contributed by atoms with Gasteiger partial charge in [-0.15, -0.1) is 10.2 Å². The Morgan fingerprint density at radius 2 is 1.85 bits per heavy atom.